The molecule has 1 aromatic rings. The normalized spacial score (nSPS) is 25.2. The number of ether oxygens (including phenoxy) is 1. The van der Waals surface area contributed by atoms with Crippen molar-refractivity contribution in [3.63, 3.8) is 0 Å². The number of nitrogens with zero attached hydrogens (tertiary/aromatic N) is 1. The monoisotopic (exact) mass is 295 g/mol. The lowest BCUT2D eigenvalue weighted by Crippen LogP contribution is -2.42. The standard InChI is InChI=1S/C16H22ClNO2/c1-11(19)12-4-6-18(7-5-12)10-15-9-13-8-14(17)2-3-16(13)20-15/h2-3,8,11-12,15,19H,4-7,9-10H2,1H3. The van der Waals surface area contributed by atoms with Crippen LogP contribution in [0.5, 0.6) is 5.75 Å². The molecule has 2 atom stereocenters. The number of aliphatic hydroxyl groups is 1. The van der Waals surface area contributed by atoms with Gasteiger partial charge in [-0.3, -0.25) is 4.90 Å². The second kappa shape index (κ2) is 5.92. The van der Waals surface area contributed by atoms with E-state index in [1.807, 2.05) is 25.1 Å². The minimum absolute atomic E-state index is 0.175. The molecule has 0 bridgehead atoms. The fourth-order valence-electron chi connectivity index (χ4n) is 3.30. The number of likely N-dealkylation sites (tertiary alicyclic amines) is 1. The molecule has 2 unspecified atom stereocenters. The van der Waals surface area contributed by atoms with Gasteiger partial charge in [-0.25, -0.2) is 0 Å². The molecular weight excluding hydrogens is 274 g/mol. The molecule has 110 valence electrons. The molecule has 4 heteroatoms. The van der Waals surface area contributed by atoms with Crippen molar-refractivity contribution in [2.24, 2.45) is 5.92 Å². The van der Waals surface area contributed by atoms with Gasteiger partial charge in [0, 0.05) is 18.0 Å². The fourth-order valence-corrected chi connectivity index (χ4v) is 3.49. The minimum Gasteiger partial charge on any atom is -0.488 e. The largest absolute Gasteiger partial charge is 0.488 e. The van der Waals surface area contributed by atoms with Gasteiger partial charge in [0.1, 0.15) is 11.9 Å². The van der Waals surface area contributed by atoms with Crippen molar-refractivity contribution < 1.29 is 9.84 Å². The Bertz CT molecular complexity index is 470. The van der Waals surface area contributed by atoms with E-state index in [1.54, 1.807) is 0 Å². The fraction of sp³-hybridized carbons (Fsp3) is 0.625. The van der Waals surface area contributed by atoms with E-state index in [9.17, 15) is 5.11 Å². The van der Waals surface area contributed by atoms with Gasteiger partial charge in [0.15, 0.2) is 0 Å². The summed E-state index contributed by atoms with van der Waals surface area (Å²) < 4.78 is 5.99. The molecule has 1 fully saturated rings. The lowest BCUT2D eigenvalue weighted by molar-refractivity contribution is 0.0578. The van der Waals surface area contributed by atoms with Crippen LogP contribution in [0.2, 0.25) is 5.02 Å². The summed E-state index contributed by atoms with van der Waals surface area (Å²) in [5.41, 5.74) is 1.22. The molecule has 0 aliphatic carbocycles. The van der Waals surface area contributed by atoms with Gasteiger partial charge >= 0.3 is 0 Å². The first-order chi connectivity index (χ1) is 9.61. The Balaban J connectivity index is 1.52. The SMILES string of the molecule is CC(O)C1CCN(CC2Cc3cc(Cl)ccc3O2)CC1. The number of halogens is 1. The second-order valence-corrected chi connectivity index (χ2v) is 6.51. The van der Waals surface area contributed by atoms with Gasteiger partial charge in [-0.1, -0.05) is 11.6 Å². The lowest BCUT2D eigenvalue weighted by Gasteiger charge is -2.34. The van der Waals surface area contributed by atoms with Crippen molar-refractivity contribution in [1.82, 2.24) is 4.90 Å². The number of hydrogen-bond donors (Lipinski definition) is 1. The highest BCUT2D eigenvalue weighted by Crippen LogP contribution is 2.32. The molecule has 3 nitrogen and oxygen atoms in total. The van der Waals surface area contributed by atoms with Crippen molar-refractivity contribution in [1.29, 1.82) is 0 Å². The smallest absolute Gasteiger partial charge is 0.123 e. The van der Waals surface area contributed by atoms with E-state index in [-0.39, 0.29) is 12.2 Å². The molecule has 0 saturated carbocycles. The first kappa shape index (κ1) is 14.2. The highest BCUT2D eigenvalue weighted by atomic mass is 35.5. The van der Waals surface area contributed by atoms with Crippen LogP contribution >= 0.6 is 11.6 Å². The molecule has 2 aliphatic rings. The van der Waals surface area contributed by atoms with Crippen LogP contribution in [0.1, 0.15) is 25.3 Å². The molecule has 2 heterocycles. The molecule has 1 saturated heterocycles. The van der Waals surface area contributed by atoms with E-state index in [0.717, 1.165) is 49.7 Å². The average molecular weight is 296 g/mol. The van der Waals surface area contributed by atoms with E-state index >= 15 is 0 Å². The molecule has 0 aromatic heterocycles. The lowest BCUT2D eigenvalue weighted by atomic mass is 9.92. The Morgan fingerprint density at radius 1 is 1.40 bits per heavy atom. The van der Waals surface area contributed by atoms with Crippen LogP contribution in [-0.4, -0.2) is 41.8 Å². The van der Waals surface area contributed by atoms with Gasteiger partial charge in [-0.15, -0.1) is 0 Å². The highest BCUT2D eigenvalue weighted by molar-refractivity contribution is 6.30. The molecular formula is C16H22ClNO2. The number of benzene rings is 1. The predicted molar refractivity (Wildman–Crippen MR) is 80.4 cm³/mol. The van der Waals surface area contributed by atoms with E-state index in [4.69, 9.17) is 16.3 Å². The van der Waals surface area contributed by atoms with E-state index < -0.39 is 0 Å². The number of hydrogen-bond acceptors (Lipinski definition) is 3. The molecule has 20 heavy (non-hydrogen) atoms. The predicted octanol–water partition coefficient (Wildman–Crippen LogP) is 2.74. The Hall–Kier alpha value is -0.770. The minimum atomic E-state index is -0.175. The van der Waals surface area contributed by atoms with Crippen LogP contribution in [0.15, 0.2) is 18.2 Å². The summed E-state index contributed by atoms with van der Waals surface area (Å²) in [6, 6.07) is 5.87. The zero-order valence-corrected chi connectivity index (χ0v) is 12.6. The van der Waals surface area contributed by atoms with Crippen LogP contribution in [0, 0.1) is 5.92 Å². The maximum absolute atomic E-state index is 9.64. The zero-order valence-electron chi connectivity index (χ0n) is 11.9. The molecule has 1 aromatic carbocycles. The van der Waals surface area contributed by atoms with E-state index in [0.29, 0.717) is 5.92 Å². The van der Waals surface area contributed by atoms with E-state index in [1.165, 1.54) is 5.56 Å². The van der Waals surface area contributed by atoms with Crippen molar-refractivity contribution in [2.45, 2.75) is 38.4 Å². The Kier molecular flexibility index (Phi) is 4.20. The second-order valence-electron chi connectivity index (χ2n) is 6.07. The highest BCUT2D eigenvalue weighted by Gasteiger charge is 2.28. The van der Waals surface area contributed by atoms with Gasteiger partial charge in [-0.2, -0.15) is 0 Å². The van der Waals surface area contributed by atoms with Crippen molar-refractivity contribution in [3.05, 3.63) is 28.8 Å². The van der Waals surface area contributed by atoms with Crippen molar-refractivity contribution in [3.8, 4) is 5.75 Å². The summed E-state index contributed by atoms with van der Waals surface area (Å²) in [4.78, 5) is 2.46. The third-order valence-electron chi connectivity index (χ3n) is 4.54. The Morgan fingerprint density at radius 2 is 2.15 bits per heavy atom. The van der Waals surface area contributed by atoms with Gasteiger partial charge in [0.2, 0.25) is 0 Å². The van der Waals surface area contributed by atoms with Crippen LogP contribution < -0.4 is 4.74 Å². The molecule has 0 amide bonds. The topological polar surface area (TPSA) is 32.7 Å². The zero-order chi connectivity index (χ0) is 14.1. The Labute approximate surface area is 125 Å². The summed E-state index contributed by atoms with van der Waals surface area (Å²) in [6.07, 6.45) is 3.19. The van der Waals surface area contributed by atoms with Crippen LogP contribution in [0.4, 0.5) is 0 Å². The quantitative estimate of drug-likeness (QED) is 0.931. The van der Waals surface area contributed by atoms with Crippen LogP contribution in [-0.2, 0) is 6.42 Å². The molecule has 2 aliphatic heterocycles. The third-order valence-corrected chi connectivity index (χ3v) is 4.78. The summed E-state index contributed by atoms with van der Waals surface area (Å²) in [5, 5.41) is 10.4. The van der Waals surface area contributed by atoms with Gasteiger partial charge in [0.25, 0.3) is 0 Å². The number of aliphatic hydroxyl groups excluding tert-OH is 1. The van der Waals surface area contributed by atoms with Gasteiger partial charge in [0.05, 0.1) is 6.10 Å². The number of fused-ring (bicyclic) bond motifs is 1. The Morgan fingerprint density at radius 3 is 2.85 bits per heavy atom. The van der Waals surface area contributed by atoms with E-state index in [2.05, 4.69) is 4.90 Å². The van der Waals surface area contributed by atoms with Crippen molar-refractivity contribution in [2.75, 3.05) is 19.6 Å². The summed E-state index contributed by atoms with van der Waals surface area (Å²) in [5.74, 6) is 1.45. The molecule has 0 radical (unpaired) electrons. The number of rotatable bonds is 3. The first-order valence-electron chi connectivity index (χ1n) is 7.47. The van der Waals surface area contributed by atoms with Crippen LogP contribution in [0.3, 0.4) is 0 Å². The third kappa shape index (κ3) is 3.11. The summed E-state index contributed by atoms with van der Waals surface area (Å²) in [6.45, 7) is 5.00. The summed E-state index contributed by atoms with van der Waals surface area (Å²) in [7, 11) is 0. The van der Waals surface area contributed by atoms with Crippen molar-refractivity contribution >= 4 is 11.6 Å². The molecule has 1 N–H and O–H groups in total. The number of piperidine rings is 1. The first-order valence-corrected chi connectivity index (χ1v) is 7.85. The van der Waals surface area contributed by atoms with Gasteiger partial charge in [-0.05, 0) is 62.5 Å². The summed E-state index contributed by atoms with van der Waals surface area (Å²) >= 11 is 6.02. The average Bonchev–Trinajstić information content (AvgIpc) is 2.80. The van der Waals surface area contributed by atoms with Crippen LogP contribution in [0.25, 0.3) is 0 Å². The molecule has 0 spiro atoms. The molecule has 3 rings (SSSR count). The van der Waals surface area contributed by atoms with Gasteiger partial charge < -0.3 is 9.84 Å². The maximum Gasteiger partial charge on any atom is 0.123 e. The maximum atomic E-state index is 9.64.